The molecule has 0 saturated carbocycles. The van der Waals surface area contributed by atoms with E-state index >= 15 is 0 Å². The second-order valence-electron chi connectivity index (χ2n) is 7.84. The van der Waals surface area contributed by atoms with Gasteiger partial charge in [-0.25, -0.2) is 10.3 Å². The summed E-state index contributed by atoms with van der Waals surface area (Å²) in [6, 6.07) is 7.64. The van der Waals surface area contributed by atoms with E-state index in [4.69, 9.17) is 9.94 Å². The molecule has 4 N–H and O–H groups in total. The van der Waals surface area contributed by atoms with Crippen LogP contribution in [0.2, 0.25) is 0 Å². The van der Waals surface area contributed by atoms with Crippen molar-refractivity contribution < 1.29 is 29.1 Å². The fourth-order valence-electron chi connectivity index (χ4n) is 3.36. The molecule has 1 heterocycles. The van der Waals surface area contributed by atoms with E-state index in [-0.39, 0.29) is 12.5 Å². The summed E-state index contributed by atoms with van der Waals surface area (Å²) < 4.78 is 5.35. The zero-order valence-electron chi connectivity index (χ0n) is 17.8. The molecule has 0 radical (unpaired) electrons. The third-order valence-electron chi connectivity index (χ3n) is 4.88. The standard InChI is InChI=1S/C21H30N4O6/c1-14(2)11-16(19(27)22-12-18(26)24-30)23-20(28)17-9-6-10-25(17)21(29)31-13-15-7-4-3-5-8-15/h3-5,7-8,14,16-17,30H,6,9-13H2,1-2H3,(H,22,27)(H,23,28)(H,24,26)/t16-,17-/m1/s1. The molecule has 0 spiro atoms. The minimum atomic E-state index is -0.873. The van der Waals surface area contributed by atoms with Gasteiger partial charge in [-0.3, -0.25) is 24.5 Å². The van der Waals surface area contributed by atoms with Crippen LogP contribution in [0.15, 0.2) is 30.3 Å². The number of nitrogens with one attached hydrogen (secondary N) is 3. The maximum absolute atomic E-state index is 12.9. The Hall–Kier alpha value is -3.14. The fourth-order valence-corrected chi connectivity index (χ4v) is 3.36. The lowest BCUT2D eigenvalue weighted by molar-refractivity contribution is -0.133. The van der Waals surface area contributed by atoms with Crippen molar-refractivity contribution in [2.45, 2.75) is 51.8 Å². The molecule has 170 valence electrons. The monoisotopic (exact) mass is 434 g/mol. The van der Waals surface area contributed by atoms with E-state index in [1.165, 1.54) is 10.4 Å². The summed E-state index contributed by atoms with van der Waals surface area (Å²) in [6.45, 7) is 3.88. The Bertz CT molecular complexity index is 770. The van der Waals surface area contributed by atoms with Gasteiger partial charge in [0.15, 0.2) is 0 Å². The molecule has 0 unspecified atom stereocenters. The van der Waals surface area contributed by atoms with Crippen LogP contribution in [0.4, 0.5) is 4.79 Å². The number of carbonyl (C=O) groups excluding carboxylic acids is 4. The molecule has 2 atom stereocenters. The molecule has 31 heavy (non-hydrogen) atoms. The van der Waals surface area contributed by atoms with Gasteiger partial charge in [0, 0.05) is 6.54 Å². The van der Waals surface area contributed by atoms with E-state index in [0.29, 0.717) is 25.8 Å². The summed E-state index contributed by atoms with van der Waals surface area (Å²) in [5, 5.41) is 13.6. The number of nitrogens with zero attached hydrogens (tertiary/aromatic N) is 1. The number of carbonyl (C=O) groups is 4. The second kappa shape index (κ2) is 11.9. The molecule has 10 heteroatoms. The molecule has 1 aromatic rings. The number of ether oxygens (including phenoxy) is 1. The second-order valence-corrected chi connectivity index (χ2v) is 7.84. The van der Waals surface area contributed by atoms with Gasteiger partial charge in [-0.15, -0.1) is 0 Å². The van der Waals surface area contributed by atoms with Crippen molar-refractivity contribution in [2.24, 2.45) is 5.92 Å². The summed E-state index contributed by atoms with van der Waals surface area (Å²) in [5.74, 6) is -1.66. The van der Waals surface area contributed by atoms with Gasteiger partial charge in [-0.2, -0.15) is 0 Å². The van der Waals surface area contributed by atoms with Crippen LogP contribution in [0.1, 0.15) is 38.7 Å². The SMILES string of the molecule is CC(C)C[C@@H](NC(=O)[C@H]1CCCN1C(=O)OCc1ccccc1)C(=O)NCC(=O)NO. The van der Waals surface area contributed by atoms with E-state index in [1.54, 1.807) is 0 Å². The Kier molecular flexibility index (Phi) is 9.26. The molecule has 10 nitrogen and oxygen atoms in total. The molecule has 1 aliphatic rings. The van der Waals surface area contributed by atoms with Gasteiger partial charge in [-0.1, -0.05) is 44.2 Å². The van der Waals surface area contributed by atoms with Crippen molar-refractivity contribution in [3.8, 4) is 0 Å². The van der Waals surface area contributed by atoms with E-state index in [9.17, 15) is 19.2 Å². The number of hydrogen-bond acceptors (Lipinski definition) is 6. The van der Waals surface area contributed by atoms with Crippen LogP contribution in [0.25, 0.3) is 0 Å². The first-order valence-electron chi connectivity index (χ1n) is 10.3. The van der Waals surface area contributed by atoms with Gasteiger partial charge in [0.1, 0.15) is 18.7 Å². The maximum atomic E-state index is 12.9. The average molecular weight is 434 g/mol. The Morgan fingerprint density at radius 3 is 2.55 bits per heavy atom. The first-order valence-corrected chi connectivity index (χ1v) is 10.3. The Balaban J connectivity index is 1.96. The third-order valence-corrected chi connectivity index (χ3v) is 4.88. The minimum Gasteiger partial charge on any atom is -0.445 e. The number of benzene rings is 1. The predicted octanol–water partition coefficient (Wildman–Crippen LogP) is 0.940. The zero-order valence-corrected chi connectivity index (χ0v) is 17.8. The van der Waals surface area contributed by atoms with Crippen LogP contribution in [0.3, 0.4) is 0 Å². The number of rotatable bonds is 9. The Labute approximate surface area is 181 Å². The summed E-state index contributed by atoms with van der Waals surface area (Å²) in [4.78, 5) is 50.3. The molecule has 0 aromatic heterocycles. The number of hydroxylamine groups is 1. The molecule has 2 rings (SSSR count). The molecule has 4 amide bonds. The highest BCUT2D eigenvalue weighted by Crippen LogP contribution is 2.20. The lowest BCUT2D eigenvalue weighted by Crippen LogP contribution is -2.54. The molecule has 1 saturated heterocycles. The number of amides is 4. The van der Waals surface area contributed by atoms with Crippen LogP contribution in [0, 0.1) is 5.92 Å². The minimum absolute atomic E-state index is 0.0956. The molecule has 0 bridgehead atoms. The quantitative estimate of drug-likeness (QED) is 0.337. The molecular formula is C21H30N4O6. The van der Waals surface area contributed by atoms with Gasteiger partial charge in [-0.05, 0) is 30.7 Å². The van der Waals surface area contributed by atoms with Crippen molar-refractivity contribution in [3.63, 3.8) is 0 Å². The van der Waals surface area contributed by atoms with Crippen molar-refractivity contribution >= 4 is 23.8 Å². The van der Waals surface area contributed by atoms with Crippen molar-refractivity contribution in [1.29, 1.82) is 0 Å². The molecule has 1 aromatic carbocycles. The lowest BCUT2D eigenvalue weighted by Gasteiger charge is -2.26. The van der Waals surface area contributed by atoms with Gasteiger partial charge < -0.3 is 15.4 Å². The first kappa shape index (κ1) is 24.1. The largest absolute Gasteiger partial charge is 0.445 e. The summed E-state index contributed by atoms with van der Waals surface area (Å²) in [7, 11) is 0. The maximum Gasteiger partial charge on any atom is 0.410 e. The van der Waals surface area contributed by atoms with E-state index < -0.39 is 42.4 Å². The smallest absolute Gasteiger partial charge is 0.410 e. The van der Waals surface area contributed by atoms with Gasteiger partial charge in [0.25, 0.3) is 5.91 Å². The zero-order chi connectivity index (χ0) is 22.8. The highest BCUT2D eigenvalue weighted by atomic mass is 16.6. The van der Waals surface area contributed by atoms with Gasteiger partial charge >= 0.3 is 6.09 Å². The number of hydrogen-bond donors (Lipinski definition) is 4. The van der Waals surface area contributed by atoms with Crippen molar-refractivity contribution in [3.05, 3.63) is 35.9 Å². The molecule has 1 aliphatic heterocycles. The van der Waals surface area contributed by atoms with Crippen LogP contribution in [-0.2, 0) is 25.7 Å². The highest BCUT2D eigenvalue weighted by molar-refractivity contribution is 5.93. The fraction of sp³-hybridized carbons (Fsp3) is 0.524. The summed E-state index contributed by atoms with van der Waals surface area (Å²) in [6.07, 6.45) is 0.889. The Morgan fingerprint density at radius 1 is 1.19 bits per heavy atom. The Morgan fingerprint density at radius 2 is 1.90 bits per heavy atom. The molecular weight excluding hydrogens is 404 g/mol. The normalized spacial score (nSPS) is 16.5. The summed E-state index contributed by atoms with van der Waals surface area (Å²) >= 11 is 0. The average Bonchev–Trinajstić information content (AvgIpc) is 3.25. The van der Waals surface area contributed by atoms with Crippen LogP contribution >= 0.6 is 0 Å². The van der Waals surface area contributed by atoms with Gasteiger partial charge in [0.2, 0.25) is 11.8 Å². The van der Waals surface area contributed by atoms with Crippen LogP contribution < -0.4 is 16.1 Å². The van der Waals surface area contributed by atoms with E-state index in [0.717, 1.165) is 5.56 Å². The lowest BCUT2D eigenvalue weighted by atomic mass is 10.0. The summed E-state index contributed by atoms with van der Waals surface area (Å²) in [5.41, 5.74) is 2.27. The molecule has 0 aliphatic carbocycles. The van der Waals surface area contributed by atoms with Crippen molar-refractivity contribution in [1.82, 2.24) is 21.0 Å². The first-order chi connectivity index (χ1) is 14.8. The van der Waals surface area contributed by atoms with Crippen molar-refractivity contribution in [2.75, 3.05) is 13.1 Å². The van der Waals surface area contributed by atoms with Gasteiger partial charge in [0.05, 0.1) is 6.54 Å². The number of likely N-dealkylation sites (tertiary alicyclic amines) is 1. The van der Waals surface area contributed by atoms with E-state index in [1.807, 2.05) is 44.2 Å². The topological polar surface area (TPSA) is 137 Å². The highest BCUT2D eigenvalue weighted by Gasteiger charge is 2.36. The molecule has 1 fully saturated rings. The van der Waals surface area contributed by atoms with Crippen LogP contribution in [-0.4, -0.2) is 59.1 Å². The van der Waals surface area contributed by atoms with Crippen LogP contribution in [0.5, 0.6) is 0 Å². The van der Waals surface area contributed by atoms with E-state index in [2.05, 4.69) is 10.6 Å². The third kappa shape index (κ3) is 7.56. The predicted molar refractivity (Wildman–Crippen MR) is 111 cm³/mol.